The Morgan fingerprint density at radius 1 is 1.19 bits per heavy atom. The fourth-order valence-electron chi connectivity index (χ4n) is 2.67. The number of carbonyl (C=O) groups excluding carboxylic acids is 1. The van der Waals surface area contributed by atoms with Gasteiger partial charge in [0.2, 0.25) is 0 Å². The zero-order valence-electron chi connectivity index (χ0n) is 15.1. The van der Waals surface area contributed by atoms with Crippen LogP contribution >= 0.6 is 23.1 Å². The average molecular weight is 389 g/mol. The summed E-state index contributed by atoms with van der Waals surface area (Å²) in [5.41, 5.74) is 1.44. The van der Waals surface area contributed by atoms with Gasteiger partial charge in [-0.1, -0.05) is 24.3 Å². The molecule has 1 aromatic heterocycles. The van der Waals surface area contributed by atoms with E-state index in [1.54, 1.807) is 32.0 Å². The van der Waals surface area contributed by atoms with Gasteiger partial charge in [0.25, 0.3) is 5.91 Å². The van der Waals surface area contributed by atoms with Crippen molar-refractivity contribution >= 4 is 39.2 Å². The minimum absolute atomic E-state index is 0.261. The van der Waals surface area contributed by atoms with E-state index < -0.39 is 0 Å². The Hall–Kier alpha value is -2.25. The maximum Gasteiger partial charge on any atom is 0.279 e. The van der Waals surface area contributed by atoms with E-state index in [-0.39, 0.29) is 5.91 Å². The summed E-state index contributed by atoms with van der Waals surface area (Å²) in [7, 11) is 5.12. The van der Waals surface area contributed by atoms with Gasteiger partial charge in [0.1, 0.15) is 21.7 Å². The molecule has 0 aliphatic rings. The van der Waals surface area contributed by atoms with Gasteiger partial charge >= 0.3 is 0 Å². The fourth-order valence-corrected chi connectivity index (χ4v) is 4.51. The second kappa shape index (κ2) is 7.97. The minimum Gasteiger partial charge on any atom is -0.495 e. The summed E-state index contributed by atoms with van der Waals surface area (Å²) in [4.78, 5) is 18.7. The summed E-state index contributed by atoms with van der Waals surface area (Å²) in [5.74, 6) is 2.15. The number of thioether (sulfide) groups is 1. The fraction of sp³-hybridized carbons (Fsp3) is 0.263. The van der Waals surface area contributed by atoms with Gasteiger partial charge in [-0.05, 0) is 36.1 Å². The lowest BCUT2D eigenvalue weighted by atomic mass is 10.2. The number of benzene rings is 2. The molecule has 1 amide bonds. The van der Waals surface area contributed by atoms with Crippen molar-refractivity contribution in [3.63, 3.8) is 0 Å². The molecule has 3 aromatic rings. The topological polar surface area (TPSA) is 52.8 Å². The molecule has 1 heterocycles. The molecule has 0 aliphatic heterocycles. The van der Waals surface area contributed by atoms with Crippen molar-refractivity contribution in [3.8, 4) is 11.5 Å². The third-order valence-corrected chi connectivity index (χ3v) is 5.93. The summed E-state index contributed by atoms with van der Waals surface area (Å²) >= 11 is 3.11. The summed E-state index contributed by atoms with van der Waals surface area (Å²) in [5, 5.41) is 0. The number of aryl methyl sites for hydroxylation is 1. The Morgan fingerprint density at radius 2 is 1.92 bits per heavy atom. The second-order valence-electron chi connectivity index (χ2n) is 5.47. The smallest absolute Gasteiger partial charge is 0.279 e. The summed E-state index contributed by atoms with van der Waals surface area (Å²) in [6.45, 7) is 2.08. The zero-order chi connectivity index (χ0) is 18.7. The van der Waals surface area contributed by atoms with Crippen molar-refractivity contribution in [2.45, 2.75) is 11.8 Å². The van der Waals surface area contributed by atoms with Crippen LogP contribution in [0.5, 0.6) is 11.5 Å². The molecule has 136 valence electrons. The van der Waals surface area contributed by atoms with E-state index >= 15 is 0 Å². The van der Waals surface area contributed by atoms with Crippen LogP contribution in [0.15, 0.2) is 46.3 Å². The largest absolute Gasteiger partial charge is 0.495 e. The number of carbonyl (C=O) groups is 1. The van der Waals surface area contributed by atoms with Gasteiger partial charge in [-0.25, -0.2) is 0 Å². The number of aromatic nitrogens is 1. The predicted octanol–water partition coefficient (Wildman–Crippen LogP) is 4.11. The number of hydrogen-bond donors (Lipinski definition) is 0. The normalized spacial score (nSPS) is 11.8. The average Bonchev–Trinajstić information content (AvgIpc) is 2.98. The minimum atomic E-state index is -0.261. The molecule has 3 rings (SSSR count). The number of methoxy groups -OCH3 is 2. The molecule has 0 atom stereocenters. The van der Waals surface area contributed by atoms with Crippen LogP contribution in [-0.2, 0) is 7.05 Å². The van der Waals surface area contributed by atoms with E-state index in [1.165, 1.54) is 11.3 Å². The van der Waals surface area contributed by atoms with E-state index in [0.717, 1.165) is 32.4 Å². The van der Waals surface area contributed by atoms with Gasteiger partial charge in [0.05, 0.1) is 14.2 Å². The Kier molecular flexibility index (Phi) is 5.68. The highest BCUT2D eigenvalue weighted by Crippen LogP contribution is 2.34. The van der Waals surface area contributed by atoms with Crippen molar-refractivity contribution < 1.29 is 14.3 Å². The summed E-state index contributed by atoms with van der Waals surface area (Å²) in [6.07, 6.45) is 0. The summed E-state index contributed by atoms with van der Waals surface area (Å²) in [6, 6.07) is 11.3. The highest BCUT2D eigenvalue weighted by molar-refractivity contribution is 7.99. The maximum absolute atomic E-state index is 12.7. The van der Waals surface area contributed by atoms with Gasteiger partial charge in [-0.15, -0.1) is 11.8 Å². The molecule has 0 bridgehead atoms. The second-order valence-corrected chi connectivity index (χ2v) is 7.78. The van der Waals surface area contributed by atoms with E-state index in [2.05, 4.69) is 11.9 Å². The predicted molar refractivity (Wildman–Crippen MR) is 107 cm³/mol. The first-order valence-electron chi connectivity index (χ1n) is 8.11. The molecule has 0 saturated carbocycles. The standard InChI is InChI=1S/C19H20N2O3S2/c1-5-25-13-8-6-7-12(11-13)18(22)20-19-21(2)16-14(23-3)9-10-15(24-4)17(16)26-19/h6-11H,5H2,1-4H3. The zero-order valence-corrected chi connectivity index (χ0v) is 16.7. The molecule has 0 radical (unpaired) electrons. The molecule has 0 saturated heterocycles. The van der Waals surface area contributed by atoms with Crippen LogP contribution in [-0.4, -0.2) is 30.4 Å². The number of hydrogen-bond acceptors (Lipinski definition) is 5. The highest BCUT2D eigenvalue weighted by atomic mass is 32.2. The van der Waals surface area contributed by atoms with Crippen LogP contribution < -0.4 is 14.3 Å². The summed E-state index contributed by atoms with van der Waals surface area (Å²) < 4.78 is 13.7. The first-order chi connectivity index (χ1) is 12.6. The van der Waals surface area contributed by atoms with Gasteiger partial charge in [0.15, 0.2) is 4.80 Å². The maximum atomic E-state index is 12.7. The van der Waals surface area contributed by atoms with Crippen molar-refractivity contribution in [1.29, 1.82) is 0 Å². The monoisotopic (exact) mass is 388 g/mol. The van der Waals surface area contributed by atoms with Crippen LogP contribution in [0.2, 0.25) is 0 Å². The third kappa shape index (κ3) is 3.50. The van der Waals surface area contributed by atoms with E-state index in [9.17, 15) is 4.79 Å². The van der Waals surface area contributed by atoms with Crippen LogP contribution in [0.1, 0.15) is 17.3 Å². The Morgan fingerprint density at radius 3 is 2.62 bits per heavy atom. The van der Waals surface area contributed by atoms with Gasteiger partial charge < -0.3 is 14.0 Å². The molecule has 0 fully saturated rings. The van der Waals surface area contributed by atoms with Gasteiger partial charge in [-0.2, -0.15) is 4.99 Å². The van der Waals surface area contributed by atoms with Crippen molar-refractivity contribution in [2.24, 2.45) is 12.0 Å². The molecule has 0 unspecified atom stereocenters. The first kappa shape index (κ1) is 18.5. The molecule has 2 aromatic carbocycles. The molecule has 7 heteroatoms. The molecule has 26 heavy (non-hydrogen) atoms. The van der Waals surface area contributed by atoms with Crippen molar-refractivity contribution in [2.75, 3.05) is 20.0 Å². The quantitative estimate of drug-likeness (QED) is 0.617. The highest BCUT2D eigenvalue weighted by Gasteiger charge is 2.15. The molecule has 5 nitrogen and oxygen atoms in total. The van der Waals surface area contributed by atoms with Crippen LogP contribution in [0.25, 0.3) is 10.2 Å². The van der Waals surface area contributed by atoms with Gasteiger partial charge in [-0.3, -0.25) is 4.79 Å². The SMILES string of the molecule is CCSc1cccc(C(=O)N=c2sc3c(OC)ccc(OC)c3n2C)c1. The molecule has 0 aliphatic carbocycles. The van der Waals surface area contributed by atoms with Gasteiger partial charge in [0, 0.05) is 17.5 Å². The van der Waals surface area contributed by atoms with E-state index in [4.69, 9.17) is 9.47 Å². The number of thiazole rings is 1. The van der Waals surface area contributed by atoms with Crippen LogP contribution in [0.4, 0.5) is 0 Å². The molecule has 0 N–H and O–H groups in total. The van der Waals surface area contributed by atoms with Crippen LogP contribution in [0.3, 0.4) is 0 Å². The first-order valence-corrected chi connectivity index (χ1v) is 9.91. The van der Waals surface area contributed by atoms with Crippen LogP contribution in [0, 0.1) is 0 Å². The lowest BCUT2D eigenvalue weighted by Gasteiger charge is -2.06. The Bertz CT molecular complexity index is 1020. The number of fused-ring (bicyclic) bond motifs is 1. The third-order valence-electron chi connectivity index (χ3n) is 3.90. The van der Waals surface area contributed by atoms with E-state index in [1.807, 2.05) is 41.9 Å². The number of ether oxygens (including phenoxy) is 2. The lowest BCUT2D eigenvalue weighted by molar-refractivity contribution is 0.0997. The number of amides is 1. The number of rotatable bonds is 5. The van der Waals surface area contributed by atoms with Crippen molar-refractivity contribution in [3.05, 3.63) is 46.8 Å². The Labute approximate surface area is 160 Å². The molecule has 0 spiro atoms. The molecular weight excluding hydrogens is 368 g/mol. The number of nitrogens with zero attached hydrogens (tertiary/aromatic N) is 2. The van der Waals surface area contributed by atoms with E-state index in [0.29, 0.717) is 10.4 Å². The lowest BCUT2D eigenvalue weighted by Crippen LogP contribution is -2.13. The Balaban J connectivity index is 2.11. The molecular formula is C19H20N2O3S2. The van der Waals surface area contributed by atoms with Crippen molar-refractivity contribution in [1.82, 2.24) is 4.57 Å².